The van der Waals surface area contributed by atoms with Gasteiger partial charge in [-0.3, -0.25) is 9.59 Å². The summed E-state index contributed by atoms with van der Waals surface area (Å²) in [5, 5.41) is 4.28. The van der Waals surface area contributed by atoms with Crippen LogP contribution in [0, 0.1) is 0 Å². The van der Waals surface area contributed by atoms with E-state index in [4.69, 9.17) is 30.5 Å². The van der Waals surface area contributed by atoms with E-state index in [1.165, 1.54) is 14.2 Å². The summed E-state index contributed by atoms with van der Waals surface area (Å²) in [5.74, 6) is 1.09. The van der Waals surface area contributed by atoms with Crippen molar-refractivity contribution in [1.82, 2.24) is 0 Å². The Hall–Kier alpha value is -2.99. The van der Waals surface area contributed by atoms with Crippen LogP contribution in [-0.4, -0.2) is 39.4 Å². The second-order valence-electron chi connectivity index (χ2n) is 7.66. The standard InChI is InChI=1S/C26H29ClO6/c1-30-23(28)11-5-7-15-32-25-19-9-3-4-10-20(19)26(22-17-18(27)13-14-21(22)25)33-16-8-6-12-24(29)31-2/h3-4,9-10,13-14,17H,5-8,11-12,15-16H2,1-2H3. The van der Waals surface area contributed by atoms with E-state index in [1.54, 1.807) is 0 Å². The molecule has 3 rings (SSSR count). The van der Waals surface area contributed by atoms with Gasteiger partial charge in [0.2, 0.25) is 0 Å². The average molecular weight is 473 g/mol. The summed E-state index contributed by atoms with van der Waals surface area (Å²) in [7, 11) is 2.79. The molecule has 0 saturated carbocycles. The lowest BCUT2D eigenvalue weighted by molar-refractivity contribution is -0.141. The zero-order valence-corrected chi connectivity index (χ0v) is 19.8. The lowest BCUT2D eigenvalue weighted by atomic mass is 10.0. The molecular formula is C26H29ClO6. The molecule has 0 aliphatic rings. The van der Waals surface area contributed by atoms with Crippen molar-refractivity contribution in [2.75, 3.05) is 27.4 Å². The molecule has 33 heavy (non-hydrogen) atoms. The molecule has 0 radical (unpaired) electrons. The van der Waals surface area contributed by atoms with Crippen LogP contribution in [0.25, 0.3) is 21.5 Å². The topological polar surface area (TPSA) is 71.1 Å². The lowest BCUT2D eigenvalue weighted by Gasteiger charge is -2.18. The molecule has 176 valence electrons. The van der Waals surface area contributed by atoms with Gasteiger partial charge in [-0.2, -0.15) is 0 Å². The Morgan fingerprint density at radius 1 is 0.697 bits per heavy atom. The van der Waals surface area contributed by atoms with Gasteiger partial charge in [0.05, 0.1) is 27.4 Å². The molecule has 3 aromatic carbocycles. The molecule has 6 nitrogen and oxygen atoms in total. The van der Waals surface area contributed by atoms with Crippen molar-refractivity contribution in [3.05, 3.63) is 47.5 Å². The second kappa shape index (κ2) is 12.3. The molecule has 0 amide bonds. The van der Waals surface area contributed by atoms with Gasteiger partial charge >= 0.3 is 11.9 Å². The molecule has 3 aromatic rings. The fourth-order valence-electron chi connectivity index (χ4n) is 3.68. The van der Waals surface area contributed by atoms with Crippen molar-refractivity contribution < 1.29 is 28.5 Å². The number of ether oxygens (including phenoxy) is 4. The number of esters is 2. The quantitative estimate of drug-likeness (QED) is 0.180. The molecule has 7 heteroatoms. The number of carbonyl (C=O) groups excluding carboxylic acids is 2. The first-order valence-corrected chi connectivity index (χ1v) is 11.5. The van der Waals surface area contributed by atoms with Crippen molar-refractivity contribution in [2.45, 2.75) is 38.5 Å². The molecule has 0 atom stereocenters. The molecule has 0 aromatic heterocycles. The summed E-state index contributed by atoms with van der Waals surface area (Å²) in [6, 6.07) is 13.6. The first kappa shape index (κ1) is 24.6. The van der Waals surface area contributed by atoms with Crippen molar-refractivity contribution in [3.63, 3.8) is 0 Å². The van der Waals surface area contributed by atoms with Crippen LogP contribution in [0.5, 0.6) is 11.5 Å². The molecule has 0 unspecified atom stereocenters. The fourth-order valence-corrected chi connectivity index (χ4v) is 3.85. The summed E-state index contributed by atoms with van der Waals surface area (Å²) in [6.07, 6.45) is 3.59. The third-order valence-electron chi connectivity index (χ3n) is 5.39. The van der Waals surface area contributed by atoms with Crippen LogP contribution in [0.3, 0.4) is 0 Å². The van der Waals surface area contributed by atoms with Gasteiger partial charge in [0.25, 0.3) is 0 Å². The van der Waals surface area contributed by atoms with Gasteiger partial charge in [0.1, 0.15) is 11.5 Å². The monoisotopic (exact) mass is 472 g/mol. The highest BCUT2D eigenvalue weighted by molar-refractivity contribution is 6.31. The third kappa shape index (κ3) is 6.51. The number of halogens is 1. The van der Waals surface area contributed by atoms with Gasteiger partial charge in [-0.25, -0.2) is 0 Å². The van der Waals surface area contributed by atoms with E-state index in [1.807, 2.05) is 42.5 Å². The maximum atomic E-state index is 11.3. The number of hydrogen-bond acceptors (Lipinski definition) is 6. The Bertz CT molecular complexity index is 1110. The van der Waals surface area contributed by atoms with Gasteiger partial charge in [-0.1, -0.05) is 35.9 Å². The highest BCUT2D eigenvalue weighted by Gasteiger charge is 2.16. The minimum atomic E-state index is -0.217. The average Bonchev–Trinajstić information content (AvgIpc) is 2.83. The zero-order chi connectivity index (χ0) is 23.6. The van der Waals surface area contributed by atoms with E-state index in [0.29, 0.717) is 43.9 Å². The summed E-state index contributed by atoms with van der Waals surface area (Å²) < 4.78 is 21.8. The van der Waals surface area contributed by atoms with Crippen molar-refractivity contribution >= 4 is 45.1 Å². The van der Waals surface area contributed by atoms with Crippen LogP contribution >= 0.6 is 11.6 Å². The SMILES string of the molecule is COC(=O)CCCCOc1c2ccccc2c(OCCCCC(=O)OC)c2cc(Cl)ccc12. The van der Waals surface area contributed by atoms with Gasteiger partial charge in [0.15, 0.2) is 0 Å². The van der Waals surface area contributed by atoms with Gasteiger partial charge in [-0.05, 0) is 43.9 Å². The molecule has 0 fully saturated rings. The molecule has 0 aliphatic carbocycles. The van der Waals surface area contributed by atoms with Crippen molar-refractivity contribution in [1.29, 1.82) is 0 Å². The minimum absolute atomic E-state index is 0.214. The Morgan fingerprint density at radius 2 is 1.18 bits per heavy atom. The number of methoxy groups -OCH3 is 2. The predicted molar refractivity (Wildman–Crippen MR) is 129 cm³/mol. The second-order valence-corrected chi connectivity index (χ2v) is 8.09. The third-order valence-corrected chi connectivity index (χ3v) is 5.62. The van der Waals surface area contributed by atoms with E-state index < -0.39 is 0 Å². The Labute approximate surface area is 198 Å². The van der Waals surface area contributed by atoms with Crippen LogP contribution in [0.4, 0.5) is 0 Å². The number of rotatable bonds is 12. The first-order valence-electron chi connectivity index (χ1n) is 11.1. The highest BCUT2D eigenvalue weighted by atomic mass is 35.5. The molecule has 0 saturated heterocycles. The molecular weight excluding hydrogens is 444 g/mol. The van der Waals surface area contributed by atoms with E-state index >= 15 is 0 Å². The number of unbranched alkanes of at least 4 members (excludes halogenated alkanes) is 2. The van der Waals surface area contributed by atoms with Crippen LogP contribution in [0.1, 0.15) is 38.5 Å². The van der Waals surface area contributed by atoms with Gasteiger partial charge < -0.3 is 18.9 Å². The van der Waals surface area contributed by atoms with E-state index in [9.17, 15) is 9.59 Å². The van der Waals surface area contributed by atoms with E-state index in [0.717, 1.165) is 45.9 Å². The summed E-state index contributed by atoms with van der Waals surface area (Å²) in [6.45, 7) is 0.947. The summed E-state index contributed by atoms with van der Waals surface area (Å²) >= 11 is 6.33. The van der Waals surface area contributed by atoms with E-state index in [-0.39, 0.29) is 11.9 Å². The van der Waals surface area contributed by atoms with Crippen LogP contribution in [0.15, 0.2) is 42.5 Å². The summed E-state index contributed by atoms with van der Waals surface area (Å²) in [4.78, 5) is 22.7. The molecule has 0 spiro atoms. The fraction of sp³-hybridized carbons (Fsp3) is 0.385. The normalized spacial score (nSPS) is 10.9. The molecule has 0 aliphatic heterocycles. The summed E-state index contributed by atoms with van der Waals surface area (Å²) in [5.41, 5.74) is 0. The Morgan fingerprint density at radius 3 is 1.70 bits per heavy atom. The van der Waals surface area contributed by atoms with Gasteiger partial charge in [-0.15, -0.1) is 0 Å². The number of benzene rings is 3. The maximum Gasteiger partial charge on any atom is 0.305 e. The highest BCUT2D eigenvalue weighted by Crippen LogP contribution is 2.43. The number of fused-ring (bicyclic) bond motifs is 2. The van der Waals surface area contributed by atoms with Crippen molar-refractivity contribution in [3.8, 4) is 11.5 Å². The number of carbonyl (C=O) groups is 2. The minimum Gasteiger partial charge on any atom is -0.492 e. The Balaban J connectivity index is 1.84. The molecule has 0 heterocycles. The zero-order valence-electron chi connectivity index (χ0n) is 19.0. The molecule has 0 N–H and O–H groups in total. The van der Waals surface area contributed by atoms with Gasteiger partial charge in [0, 0.05) is 39.4 Å². The van der Waals surface area contributed by atoms with E-state index in [2.05, 4.69) is 0 Å². The van der Waals surface area contributed by atoms with Crippen LogP contribution in [-0.2, 0) is 19.1 Å². The maximum absolute atomic E-state index is 11.3. The van der Waals surface area contributed by atoms with Crippen LogP contribution < -0.4 is 9.47 Å². The van der Waals surface area contributed by atoms with Crippen molar-refractivity contribution in [2.24, 2.45) is 0 Å². The predicted octanol–water partition coefficient (Wildman–Crippen LogP) is 6.09. The van der Waals surface area contributed by atoms with Crippen LogP contribution in [0.2, 0.25) is 5.02 Å². The largest absolute Gasteiger partial charge is 0.492 e. The molecule has 0 bridgehead atoms. The smallest absolute Gasteiger partial charge is 0.305 e. The first-order chi connectivity index (χ1) is 16.0. The lowest BCUT2D eigenvalue weighted by Crippen LogP contribution is -2.05. The Kier molecular flexibility index (Phi) is 9.19. The number of hydrogen-bond donors (Lipinski definition) is 0.